The minimum absolute atomic E-state index is 0.912. The number of piperidine rings is 1. The van der Waals surface area contributed by atoms with E-state index in [1.54, 1.807) is 0 Å². The van der Waals surface area contributed by atoms with Crippen molar-refractivity contribution in [2.24, 2.45) is 5.92 Å². The first-order chi connectivity index (χ1) is 8.16. The van der Waals surface area contributed by atoms with Crippen LogP contribution in [0.5, 0.6) is 0 Å². The maximum absolute atomic E-state index is 6.04. The first-order valence-electron chi connectivity index (χ1n) is 6.73. The quantitative estimate of drug-likeness (QED) is 0.812. The molecule has 0 unspecified atom stereocenters. The molecule has 0 bridgehead atoms. The van der Waals surface area contributed by atoms with Crippen LogP contribution < -0.4 is 5.73 Å². The van der Waals surface area contributed by atoms with Crippen LogP contribution in [0, 0.1) is 12.8 Å². The maximum Gasteiger partial charge on any atom is 0.0349 e. The highest BCUT2D eigenvalue weighted by Crippen LogP contribution is 2.19. The van der Waals surface area contributed by atoms with Crippen LogP contribution >= 0.6 is 0 Å². The molecule has 2 nitrogen and oxygen atoms in total. The van der Waals surface area contributed by atoms with E-state index >= 15 is 0 Å². The molecule has 1 fully saturated rings. The monoisotopic (exact) mass is 232 g/mol. The van der Waals surface area contributed by atoms with Gasteiger partial charge in [-0.1, -0.05) is 19.1 Å². The standard InChI is InChI=1S/C15H24N2/c1-12-6-9-17(10-7-12)11-8-14-13(2)4-3-5-15(14)16/h3-5,12H,6-11,16H2,1-2H3. The van der Waals surface area contributed by atoms with Crippen LogP contribution in [0.25, 0.3) is 0 Å². The van der Waals surface area contributed by atoms with E-state index in [0.717, 1.165) is 24.6 Å². The number of aryl methyl sites for hydroxylation is 1. The Balaban J connectivity index is 1.89. The van der Waals surface area contributed by atoms with Crippen molar-refractivity contribution in [3.63, 3.8) is 0 Å². The summed E-state index contributed by atoms with van der Waals surface area (Å²) in [7, 11) is 0. The highest BCUT2D eigenvalue weighted by molar-refractivity contribution is 5.50. The lowest BCUT2D eigenvalue weighted by molar-refractivity contribution is 0.194. The Morgan fingerprint density at radius 2 is 2.00 bits per heavy atom. The molecule has 1 aliphatic rings. The van der Waals surface area contributed by atoms with Crippen LogP contribution in [0.2, 0.25) is 0 Å². The number of nitrogens with zero attached hydrogens (tertiary/aromatic N) is 1. The van der Waals surface area contributed by atoms with E-state index in [4.69, 9.17) is 5.73 Å². The number of nitrogen functional groups attached to an aromatic ring is 1. The van der Waals surface area contributed by atoms with Crippen LogP contribution in [0.4, 0.5) is 5.69 Å². The number of anilines is 1. The summed E-state index contributed by atoms with van der Waals surface area (Å²) >= 11 is 0. The summed E-state index contributed by atoms with van der Waals surface area (Å²) < 4.78 is 0. The zero-order chi connectivity index (χ0) is 12.3. The van der Waals surface area contributed by atoms with Crippen LogP contribution in [-0.4, -0.2) is 24.5 Å². The zero-order valence-corrected chi connectivity index (χ0v) is 11.1. The molecule has 0 spiro atoms. The number of hydrogen-bond acceptors (Lipinski definition) is 2. The van der Waals surface area contributed by atoms with Crippen molar-refractivity contribution >= 4 is 5.69 Å². The average Bonchev–Trinajstić information content (AvgIpc) is 2.31. The fourth-order valence-corrected chi connectivity index (χ4v) is 2.62. The number of likely N-dealkylation sites (tertiary alicyclic amines) is 1. The summed E-state index contributed by atoms with van der Waals surface area (Å²) in [6, 6.07) is 6.21. The Hall–Kier alpha value is -1.02. The normalized spacial score (nSPS) is 18.5. The molecule has 1 aromatic rings. The van der Waals surface area contributed by atoms with Gasteiger partial charge in [0.15, 0.2) is 0 Å². The Bertz CT molecular complexity index is 345. The molecular weight excluding hydrogens is 208 g/mol. The second kappa shape index (κ2) is 5.54. The molecule has 0 amide bonds. The van der Waals surface area contributed by atoms with E-state index in [-0.39, 0.29) is 0 Å². The van der Waals surface area contributed by atoms with Gasteiger partial charge in [0.2, 0.25) is 0 Å². The lowest BCUT2D eigenvalue weighted by Crippen LogP contribution is -2.34. The van der Waals surface area contributed by atoms with Gasteiger partial charge in [-0.25, -0.2) is 0 Å². The molecular formula is C15H24N2. The van der Waals surface area contributed by atoms with Gasteiger partial charge in [0, 0.05) is 12.2 Å². The van der Waals surface area contributed by atoms with Crippen molar-refractivity contribution in [1.29, 1.82) is 0 Å². The van der Waals surface area contributed by atoms with Crippen LogP contribution in [0.3, 0.4) is 0 Å². The smallest absolute Gasteiger partial charge is 0.0349 e. The summed E-state index contributed by atoms with van der Waals surface area (Å²) in [4.78, 5) is 2.58. The Morgan fingerprint density at radius 1 is 1.29 bits per heavy atom. The van der Waals surface area contributed by atoms with Crippen molar-refractivity contribution in [2.75, 3.05) is 25.4 Å². The van der Waals surface area contributed by atoms with Gasteiger partial charge < -0.3 is 10.6 Å². The second-order valence-electron chi connectivity index (χ2n) is 5.42. The third-order valence-corrected chi connectivity index (χ3v) is 4.00. The fraction of sp³-hybridized carbons (Fsp3) is 0.600. The third kappa shape index (κ3) is 3.22. The number of hydrogen-bond donors (Lipinski definition) is 1. The highest BCUT2D eigenvalue weighted by Gasteiger charge is 2.15. The van der Waals surface area contributed by atoms with Crippen LogP contribution in [0.15, 0.2) is 18.2 Å². The molecule has 2 rings (SSSR count). The van der Waals surface area contributed by atoms with E-state index in [1.165, 1.54) is 37.1 Å². The summed E-state index contributed by atoms with van der Waals surface area (Å²) in [6.07, 6.45) is 3.79. The molecule has 1 saturated heterocycles. The molecule has 0 saturated carbocycles. The van der Waals surface area contributed by atoms with Crippen molar-refractivity contribution in [1.82, 2.24) is 4.90 Å². The topological polar surface area (TPSA) is 29.3 Å². The highest BCUT2D eigenvalue weighted by atomic mass is 15.1. The van der Waals surface area contributed by atoms with E-state index < -0.39 is 0 Å². The SMILES string of the molecule is Cc1cccc(N)c1CCN1CCC(C)CC1. The summed E-state index contributed by atoms with van der Waals surface area (Å²) in [6.45, 7) is 8.18. The van der Waals surface area contributed by atoms with Gasteiger partial charge in [-0.2, -0.15) is 0 Å². The zero-order valence-electron chi connectivity index (χ0n) is 11.1. The minimum Gasteiger partial charge on any atom is -0.398 e. The summed E-state index contributed by atoms with van der Waals surface area (Å²) in [5.74, 6) is 0.912. The Kier molecular flexibility index (Phi) is 4.06. The molecule has 2 heteroatoms. The van der Waals surface area contributed by atoms with E-state index in [0.29, 0.717) is 0 Å². The molecule has 0 radical (unpaired) electrons. The van der Waals surface area contributed by atoms with E-state index in [1.807, 2.05) is 12.1 Å². The molecule has 0 atom stereocenters. The largest absolute Gasteiger partial charge is 0.398 e. The third-order valence-electron chi connectivity index (χ3n) is 4.00. The van der Waals surface area contributed by atoms with E-state index in [9.17, 15) is 0 Å². The fourth-order valence-electron chi connectivity index (χ4n) is 2.62. The van der Waals surface area contributed by atoms with Crippen molar-refractivity contribution in [3.05, 3.63) is 29.3 Å². The van der Waals surface area contributed by atoms with Gasteiger partial charge >= 0.3 is 0 Å². The lowest BCUT2D eigenvalue weighted by Gasteiger charge is -2.30. The van der Waals surface area contributed by atoms with Crippen LogP contribution in [0.1, 0.15) is 30.9 Å². The minimum atomic E-state index is 0.912. The van der Waals surface area contributed by atoms with Crippen molar-refractivity contribution in [3.8, 4) is 0 Å². The first-order valence-corrected chi connectivity index (χ1v) is 6.73. The van der Waals surface area contributed by atoms with Gasteiger partial charge in [0.1, 0.15) is 0 Å². The van der Waals surface area contributed by atoms with Gasteiger partial charge in [0.25, 0.3) is 0 Å². The molecule has 1 aromatic carbocycles. The number of rotatable bonds is 3. The van der Waals surface area contributed by atoms with Crippen molar-refractivity contribution in [2.45, 2.75) is 33.1 Å². The molecule has 0 aromatic heterocycles. The van der Waals surface area contributed by atoms with E-state index in [2.05, 4.69) is 24.8 Å². The van der Waals surface area contributed by atoms with Gasteiger partial charge in [-0.15, -0.1) is 0 Å². The summed E-state index contributed by atoms with van der Waals surface area (Å²) in [5.41, 5.74) is 9.66. The lowest BCUT2D eigenvalue weighted by atomic mass is 9.98. The molecule has 2 N–H and O–H groups in total. The average molecular weight is 232 g/mol. The Morgan fingerprint density at radius 3 is 2.65 bits per heavy atom. The first kappa shape index (κ1) is 12.4. The molecule has 1 aliphatic heterocycles. The van der Waals surface area contributed by atoms with Gasteiger partial charge in [0.05, 0.1) is 0 Å². The second-order valence-corrected chi connectivity index (χ2v) is 5.42. The van der Waals surface area contributed by atoms with Gasteiger partial charge in [-0.3, -0.25) is 0 Å². The predicted octanol–water partition coefficient (Wildman–Crippen LogP) is 2.85. The predicted molar refractivity (Wildman–Crippen MR) is 74.1 cm³/mol. The molecule has 0 aliphatic carbocycles. The number of benzene rings is 1. The molecule has 17 heavy (non-hydrogen) atoms. The number of nitrogens with two attached hydrogens (primary N) is 1. The molecule has 1 heterocycles. The Labute approximate surface area is 105 Å². The van der Waals surface area contributed by atoms with Gasteiger partial charge in [-0.05, 0) is 62.4 Å². The summed E-state index contributed by atoms with van der Waals surface area (Å²) in [5, 5.41) is 0. The maximum atomic E-state index is 6.04. The van der Waals surface area contributed by atoms with Crippen LogP contribution in [-0.2, 0) is 6.42 Å². The molecule has 94 valence electrons. The van der Waals surface area contributed by atoms with Crippen molar-refractivity contribution < 1.29 is 0 Å².